The van der Waals surface area contributed by atoms with E-state index in [4.69, 9.17) is 4.42 Å². The number of rotatable bonds is 5. The molecule has 3 aliphatic carbocycles. The second-order valence-corrected chi connectivity index (χ2v) is 31.9. The minimum absolute atomic E-state index is 0.00109. The van der Waals surface area contributed by atoms with E-state index in [1.54, 1.807) is 0 Å². The molecule has 0 fully saturated rings. The van der Waals surface area contributed by atoms with Crippen molar-refractivity contribution < 1.29 is 4.42 Å². The molecule has 0 amide bonds. The lowest BCUT2D eigenvalue weighted by Crippen LogP contribution is -2.61. The number of nitrogens with zero attached hydrogens (tertiary/aromatic N) is 3. The van der Waals surface area contributed by atoms with Crippen LogP contribution >= 0.6 is 0 Å². The van der Waals surface area contributed by atoms with Crippen molar-refractivity contribution in [2.24, 2.45) is 0 Å². The summed E-state index contributed by atoms with van der Waals surface area (Å²) < 4.78 is 7.83. The highest BCUT2D eigenvalue weighted by Gasteiger charge is 2.50. The number of furan rings is 1. The predicted molar refractivity (Wildman–Crippen MR) is 353 cm³/mol. The van der Waals surface area contributed by atoms with Crippen molar-refractivity contribution in [2.75, 3.05) is 14.7 Å². The molecule has 0 unspecified atom stereocenters. The van der Waals surface area contributed by atoms with Crippen LogP contribution in [0.25, 0.3) is 11.0 Å². The number of para-hydroxylation sites is 1. The van der Waals surface area contributed by atoms with E-state index in [0.717, 1.165) is 60.4 Å². The van der Waals surface area contributed by atoms with Crippen molar-refractivity contribution in [3.63, 3.8) is 0 Å². The summed E-state index contributed by atoms with van der Waals surface area (Å²) in [5, 5.41) is 1.19. The molecule has 8 aromatic rings. The van der Waals surface area contributed by atoms with Gasteiger partial charge in [0, 0.05) is 45.2 Å². The lowest BCUT2D eigenvalue weighted by Gasteiger charge is -2.46. The lowest BCUT2D eigenvalue weighted by molar-refractivity contribution is 0.332. The zero-order valence-electron chi connectivity index (χ0n) is 53.2. The smallest absolute Gasteiger partial charge is 0.297 e. The fraction of sp³-hybridized carbons (Fsp3) is 0.429. The first-order valence-electron chi connectivity index (χ1n) is 31.1. The number of anilines is 9. The first kappa shape index (κ1) is 54.8. The SMILES string of the molecule is Cc1cc2c(cc1N1c3cc(C(C)(C)C)ccc3B3c4oc5cc6c(cc5c4N(c4ccc5c(c4)C(C)(C)CCC5(C)C)c4cc(N(c5ccccc5)c5ccc(C(C)(C)C)cc5)cc1c43)C(C)(C)CCC6(C)C)C(C)(C)CCC2(C)C. The largest absolute Gasteiger partial charge is 0.468 e. The summed E-state index contributed by atoms with van der Waals surface area (Å²) >= 11 is 0. The highest BCUT2D eigenvalue weighted by atomic mass is 16.3. The number of hydrogen-bond acceptors (Lipinski definition) is 4. The summed E-state index contributed by atoms with van der Waals surface area (Å²) in [7, 11) is 0. The Balaban J connectivity index is 1.21. The van der Waals surface area contributed by atoms with Crippen molar-refractivity contribution in [1.82, 2.24) is 0 Å². The molecule has 422 valence electrons. The Hall–Kier alpha value is -6.46. The topological polar surface area (TPSA) is 22.9 Å². The van der Waals surface area contributed by atoms with Crippen molar-refractivity contribution in [2.45, 2.75) is 213 Å². The summed E-state index contributed by atoms with van der Waals surface area (Å²) in [6.45, 7) is 45.8. The number of hydrogen-bond donors (Lipinski definition) is 0. The normalized spacial score (nSPS) is 19.4. The zero-order chi connectivity index (χ0) is 58.4. The predicted octanol–water partition coefficient (Wildman–Crippen LogP) is 19.9. The Labute approximate surface area is 492 Å². The van der Waals surface area contributed by atoms with Gasteiger partial charge in [0.15, 0.2) is 0 Å². The standard InChI is InChI=1S/C77H90BN3O/c1-47-39-56-59(76(16,17)37-35-73(56,10)11)45-62(47)81-63-40-49(71(5,6)7)27-32-61(63)78-67-64(42-53(43-65(67)81)79(50-23-21-20-22-24-50)51-28-25-48(26-29-51)70(2,3)4)80(52-30-31-55-57(41-52)74(12,13)34-33-72(55,8)9)68-54-44-58-60(46-66(54)82-69(68)78)77(18,19)38-36-75(58,14)15/h20-32,39-46H,33-38H2,1-19H3. The first-order chi connectivity index (χ1) is 38.3. The maximum Gasteiger partial charge on any atom is 0.297 e. The molecule has 82 heavy (non-hydrogen) atoms. The Bertz CT molecular complexity index is 3920. The second kappa shape index (κ2) is 17.8. The van der Waals surface area contributed by atoms with E-state index >= 15 is 0 Å². The average molecular weight is 1080 g/mol. The van der Waals surface area contributed by atoms with E-state index in [1.807, 2.05) is 0 Å². The zero-order valence-corrected chi connectivity index (χ0v) is 53.2. The van der Waals surface area contributed by atoms with Crippen molar-refractivity contribution >= 4 is 85.5 Å². The maximum atomic E-state index is 7.83. The van der Waals surface area contributed by atoms with E-state index in [0.29, 0.717) is 0 Å². The number of aryl methyl sites for hydroxylation is 1. The van der Waals surface area contributed by atoms with Crippen LogP contribution in [0.4, 0.5) is 51.2 Å². The quantitative estimate of drug-likeness (QED) is 0.160. The number of fused-ring (bicyclic) bond motifs is 9. The van der Waals surface area contributed by atoms with Crippen LogP contribution in [0.3, 0.4) is 0 Å². The van der Waals surface area contributed by atoms with Crippen LogP contribution in [-0.4, -0.2) is 6.71 Å². The molecular weight excluding hydrogens is 994 g/mol. The Morgan fingerprint density at radius 1 is 0.427 bits per heavy atom. The maximum absolute atomic E-state index is 7.83. The second-order valence-electron chi connectivity index (χ2n) is 31.9. The van der Waals surface area contributed by atoms with Gasteiger partial charge in [0.1, 0.15) is 5.58 Å². The highest BCUT2D eigenvalue weighted by Crippen LogP contribution is 2.56. The molecule has 3 heterocycles. The van der Waals surface area contributed by atoms with E-state index < -0.39 is 0 Å². The molecule has 0 bridgehead atoms. The molecule has 1 aromatic heterocycles. The molecule has 0 atom stereocenters. The Morgan fingerprint density at radius 3 is 1.49 bits per heavy atom. The van der Waals surface area contributed by atoms with Crippen LogP contribution in [0.15, 0.2) is 132 Å². The molecule has 0 spiro atoms. The molecular formula is C77H90BN3O. The molecule has 7 aromatic carbocycles. The van der Waals surface area contributed by atoms with Gasteiger partial charge >= 0.3 is 0 Å². The van der Waals surface area contributed by atoms with E-state index in [-0.39, 0.29) is 50.0 Å². The third kappa shape index (κ3) is 8.41. The van der Waals surface area contributed by atoms with Gasteiger partial charge in [0.25, 0.3) is 6.71 Å². The number of benzene rings is 7. The van der Waals surface area contributed by atoms with Crippen LogP contribution in [-0.2, 0) is 43.3 Å². The summed E-state index contributed by atoms with van der Waals surface area (Å²) in [5.41, 5.74) is 27.8. The average Bonchev–Trinajstić information content (AvgIpc) is 3.43. The van der Waals surface area contributed by atoms with E-state index in [2.05, 4.69) is 274 Å². The van der Waals surface area contributed by atoms with Gasteiger partial charge in [0.05, 0.1) is 17.0 Å². The molecule has 5 aliphatic rings. The summed E-state index contributed by atoms with van der Waals surface area (Å²) in [5.74, 6) is 0. The fourth-order valence-electron chi connectivity index (χ4n) is 15.4. The van der Waals surface area contributed by atoms with Crippen LogP contribution in [0.5, 0.6) is 0 Å². The molecule has 0 N–H and O–H groups in total. The van der Waals surface area contributed by atoms with Crippen molar-refractivity contribution in [1.29, 1.82) is 0 Å². The molecule has 0 saturated heterocycles. The molecule has 0 radical (unpaired) electrons. The van der Waals surface area contributed by atoms with Crippen LogP contribution < -0.4 is 31.3 Å². The molecule has 5 heteroatoms. The summed E-state index contributed by atoms with van der Waals surface area (Å²) in [6, 6.07) is 50.8. The van der Waals surface area contributed by atoms with E-state index in [9.17, 15) is 0 Å². The first-order valence-corrected chi connectivity index (χ1v) is 31.1. The van der Waals surface area contributed by atoms with E-state index in [1.165, 1.54) is 107 Å². The van der Waals surface area contributed by atoms with Gasteiger partial charge in [-0.2, -0.15) is 0 Å². The Kier molecular flexibility index (Phi) is 11.9. The van der Waals surface area contributed by atoms with Crippen LogP contribution in [0.1, 0.15) is 213 Å². The van der Waals surface area contributed by atoms with Gasteiger partial charge in [-0.05, 0) is 223 Å². The minimum Gasteiger partial charge on any atom is -0.468 e. The van der Waals surface area contributed by atoms with Crippen LogP contribution in [0.2, 0.25) is 0 Å². The highest BCUT2D eigenvalue weighted by molar-refractivity contribution is 7.00. The molecule has 13 rings (SSSR count). The molecule has 4 nitrogen and oxygen atoms in total. The Morgan fingerprint density at radius 2 is 0.915 bits per heavy atom. The molecule has 0 saturated carbocycles. The van der Waals surface area contributed by atoms with Gasteiger partial charge in [-0.25, -0.2) is 0 Å². The van der Waals surface area contributed by atoms with Gasteiger partial charge in [-0.1, -0.05) is 179 Å². The van der Waals surface area contributed by atoms with Crippen molar-refractivity contribution in [3.05, 3.63) is 177 Å². The van der Waals surface area contributed by atoms with Gasteiger partial charge in [0.2, 0.25) is 0 Å². The van der Waals surface area contributed by atoms with Gasteiger partial charge in [-0.15, -0.1) is 0 Å². The monoisotopic (exact) mass is 1080 g/mol. The van der Waals surface area contributed by atoms with Crippen molar-refractivity contribution in [3.8, 4) is 0 Å². The molecule has 2 aliphatic heterocycles. The van der Waals surface area contributed by atoms with Gasteiger partial charge < -0.3 is 19.1 Å². The van der Waals surface area contributed by atoms with Gasteiger partial charge in [-0.3, -0.25) is 0 Å². The fourth-order valence-corrected chi connectivity index (χ4v) is 15.4. The third-order valence-electron chi connectivity index (χ3n) is 21.3. The minimum atomic E-state index is -0.200. The third-order valence-corrected chi connectivity index (χ3v) is 21.3. The summed E-state index contributed by atoms with van der Waals surface area (Å²) in [6.07, 6.45) is 6.88. The van der Waals surface area contributed by atoms with Crippen LogP contribution in [0, 0.1) is 6.92 Å². The summed E-state index contributed by atoms with van der Waals surface area (Å²) in [4.78, 5) is 7.90. The lowest BCUT2D eigenvalue weighted by atomic mass is 9.35.